The lowest BCUT2D eigenvalue weighted by molar-refractivity contribution is -0.129. The molecule has 1 aliphatic rings. The Labute approximate surface area is 168 Å². The van der Waals surface area contributed by atoms with E-state index in [9.17, 15) is 9.59 Å². The van der Waals surface area contributed by atoms with Crippen molar-refractivity contribution < 1.29 is 14.3 Å². The maximum atomic E-state index is 12.4. The van der Waals surface area contributed by atoms with E-state index < -0.39 is 0 Å². The standard InChI is InChI=1S/C20H20Cl2N2O3/c1-27-16-5-2-13(3-6-16)11-24-12-15(9-19(24)25)20(26)23-10-14-4-7-17(21)18(22)8-14/h2-8,15H,9-12H2,1H3,(H,23,26)/t15-/m0/s1. The minimum absolute atomic E-state index is 0.0134. The number of nitrogens with one attached hydrogen (secondary N) is 1. The number of hydrogen-bond acceptors (Lipinski definition) is 3. The third-order valence-electron chi connectivity index (χ3n) is 4.57. The number of methoxy groups -OCH3 is 1. The summed E-state index contributed by atoms with van der Waals surface area (Å²) in [5.74, 6) is 0.275. The maximum absolute atomic E-state index is 12.4. The zero-order valence-electron chi connectivity index (χ0n) is 14.9. The van der Waals surface area contributed by atoms with E-state index in [0.29, 0.717) is 29.7 Å². The highest BCUT2D eigenvalue weighted by Crippen LogP contribution is 2.24. The monoisotopic (exact) mass is 406 g/mol. The fourth-order valence-corrected chi connectivity index (χ4v) is 3.36. The average molecular weight is 407 g/mol. The Balaban J connectivity index is 1.54. The number of nitrogens with zero attached hydrogens (tertiary/aromatic N) is 1. The lowest BCUT2D eigenvalue weighted by atomic mass is 10.1. The topological polar surface area (TPSA) is 58.6 Å². The number of benzene rings is 2. The first-order valence-corrected chi connectivity index (χ1v) is 9.34. The number of hydrogen-bond donors (Lipinski definition) is 1. The van der Waals surface area contributed by atoms with Crippen molar-refractivity contribution in [1.82, 2.24) is 10.2 Å². The Kier molecular flexibility index (Phi) is 6.24. The van der Waals surface area contributed by atoms with E-state index in [2.05, 4.69) is 5.32 Å². The molecule has 0 bridgehead atoms. The molecule has 5 nitrogen and oxygen atoms in total. The molecule has 1 aliphatic heterocycles. The van der Waals surface area contributed by atoms with Crippen LogP contribution in [0.2, 0.25) is 10.0 Å². The van der Waals surface area contributed by atoms with Crippen molar-refractivity contribution in [3.8, 4) is 5.75 Å². The number of ether oxygens (including phenoxy) is 1. The fraction of sp³-hybridized carbons (Fsp3) is 0.300. The zero-order chi connectivity index (χ0) is 19.4. The molecule has 3 rings (SSSR count). The Morgan fingerprint density at radius 1 is 1.15 bits per heavy atom. The second-order valence-electron chi connectivity index (χ2n) is 6.49. The second-order valence-corrected chi connectivity index (χ2v) is 7.30. The van der Waals surface area contributed by atoms with Crippen molar-refractivity contribution in [2.75, 3.05) is 13.7 Å². The number of amides is 2. The van der Waals surface area contributed by atoms with Crippen molar-refractivity contribution in [3.05, 3.63) is 63.6 Å². The first-order valence-electron chi connectivity index (χ1n) is 8.58. The largest absolute Gasteiger partial charge is 0.497 e. The van der Waals surface area contributed by atoms with Crippen molar-refractivity contribution >= 4 is 35.0 Å². The van der Waals surface area contributed by atoms with Gasteiger partial charge in [0, 0.05) is 26.1 Å². The molecule has 0 aliphatic carbocycles. The Morgan fingerprint density at radius 3 is 2.52 bits per heavy atom. The van der Waals surface area contributed by atoms with Crippen LogP contribution in [0.15, 0.2) is 42.5 Å². The molecule has 1 atom stereocenters. The van der Waals surface area contributed by atoms with Crippen LogP contribution in [0.5, 0.6) is 5.75 Å². The van der Waals surface area contributed by atoms with E-state index in [1.807, 2.05) is 30.3 Å². The third-order valence-corrected chi connectivity index (χ3v) is 5.31. The lowest BCUT2D eigenvalue weighted by Gasteiger charge is -2.17. The summed E-state index contributed by atoms with van der Waals surface area (Å²) in [6.07, 6.45) is 0.226. The summed E-state index contributed by atoms with van der Waals surface area (Å²) < 4.78 is 5.14. The van der Waals surface area contributed by atoms with Gasteiger partial charge in [-0.2, -0.15) is 0 Å². The predicted octanol–water partition coefficient (Wildman–Crippen LogP) is 3.67. The van der Waals surface area contributed by atoms with Crippen LogP contribution in [0.25, 0.3) is 0 Å². The minimum atomic E-state index is -0.349. The molecule has 27 heavy (non-hydrogen) atoms. The summed E-state index contributed by atoms with van der Waals surface area (Å²) >= 11 is 11.9. The van der Waals surface area contributed by atoms with Gasteiger partial charge in [0.25, 0.3) is 0 Å². The average Bonchev–Trinajstić information content (AvgIpc) is 3.03. The molecule has 142 valence electrons. The van der Waals surface area contributed by atoms with E-state index in [0.717, 1.165) is 16.9 Å². The third kappa shape index (κ3) is 4.93. The molecule has 1 fully saturated rings. The Bertz CT molecular complexity index is 840. The lowest BCUT2D eigenvalue weighted by Crippen LogP contribution is -2.32. The predicted molar refractivity (Wildman–Crippen MR) is 105 cm³/mol. The van der Waals surface area contributed by atoms with Gasteiger partial charge < -0.3 is 15.0 Å². The smallest absolute Gasteiger partial charge is 0.225 e. The van der Waals surface area contributed by atoms with Crippen LogP contribution in [-0.2, 0) is 22.7 Å². The van der Waals surface area contributed by atoms with Gasteiger partial charge in [0.1, 0.15) is 5.75 Å². The van der Waals surface area contributed by atoms with Crippen LogP contribution in [-0.4, -0.2) is 30.4 Å². The molecule has 2 amide bonds. The summed E-state index contributed by atoms with van der Waals surface area (Å²) in [6, 6.07) is 12.8. The van der Waals surface area contributed by atoms with E-state index in [4.69, 9.17) is 27.9 Å². The minimum Gasteiger partial charge on any atom is -0.497 e. The molecule has 2 aromatic carbocycles. The Morgan fingerprint density at radius 2 is 1.85 bits per heavy atom. The molecule has 1 N–H and O–H groups in total. The van der Waals surface area contributed by atoms with Gasteiger partial charge in [-0.15, -0.1) is 0 Å². The van der Waals surface area contributed by atoms with Crippen LogP contribution in [0.4, 0.5) is 0 Å². The van der Waals surface area contributed by atoms with E-state index in [1.165, 1.54) is 0 Å². The highest BCUT2D eigenvalue weighted by atomic mass is 35.5. The van der Waals surface area contributed by atoms with Crippen LogP contribution >= 0.6 is 23.2 Å². The molecule has 1 saturated heterocycles. The number of carbonyl (C=O) groups excluding carboxylic acids is 2. The molecule has 0 aromatic heterocycles. The summed E-state index contributed by atoms with van der Waals surface area (Å²) in [5.41, 5.74) is 1.86. The van der Waals surface area contributed by atoms with Crippen LogP contribution in [0, 0.1) is 5.92 Å². The van der Waals surface area contributed by atoms with Crippen LogP contribution < -0.4 is 10.1 Å². The number of carbonyl (C=O) groups is 2. The molecule has 0 radical (unpaired) electrons. The van der Waals surface area contributed by atoms with Crippen LogP contribution in [0.1, 0.15) is 17.5 Å². The first-order chi connectivity index (χ1) is 13.0. The molecular formula is C20H20Cl2N2O3. The van der Waals surface area contributed by atoms with Crippen LogP contribution in [0.3, 0.4) is 0 Å². The molecule has 0 saturated carbocycles. The number of halogens is 2. The van der Waals surface area contributed by atoms with Gasteiger partial charge in [0.05, 0.1) is 23.1 Å². The van der Waals surface area contributed by atoms with Crippen molar-refractivity contribution in [1.29, 1.82) is 0 Å². The van der Waals surface area contributed by atoms with Crippen molar-refractivity contribution in [2.45, 2.75) is 19.5 Å². The molecule has 0 spiro atoms. The fourth-order valence-electron chi connectivity index (χ4n) is 3.04. The van der Waals surface area contributed by atoms with Gasteiger partial charge in [-0.1, -0.05) is 41.4 Å². The number of likely N-dealkylation sites (tertiary alicyclic amines) is 1. The van der Waals surface area contributed by atoms with Gasteiger partial charge in [0.15, 0.2) is 0 Å². The molecule has 2 aromatic rings. The van der Waals surface area contributed by atoms with Gasteiger partial charge >= 0.3 is 0 Å². The summed E-state index contributed by atoms with van der Waals surface area (Å²) in [6.45, 7) is 1.25. The molecule has 7 heteroatoms. The van der Waals surface area contributed by atoms with Gasteiger partial charge in [0.2, 0.25) is 11.8 Å². The quantitative estimate of drug-likeness (QED) is 0.795. The Hall–Kier alpha value is -2.24. The normalized spacial score (nSPS) is 16.5. The highest BCUT2D eigenvalue weighted by Gasteiger charge is 2.34. The van der Waals surface area contributed by atoms with Gasteiger partial charge in [-0.3, -0.25) is 9.59 Å². The summed E-state index contributed by atoms with van der Waals surface area (Å²) in [5, 5.41) is 3.80. The van der Waals surface area contributed by atoms with Gasteiger partial charge in [-0.05, 0) is 35.4 Å². The van der Waals surface area contributed by atoms with E-state index >= 15 is 0 Å². The van der Waals surface area contributed by atoms with Crippen molar-refractivity contribution in [2.24, 2.45) is 5.92 Å². The molecular weight excluding hydrogens is 387 g/mol. The second kappa shape index (κ2) is 8.63. The SMILES string of the molecule is COc1ccc(CN2C[C@@H](C(=O)NCc3ccc(Cl)c(Cl)c3)CC2=O)cc1. The van der Waals surface area contributed by atoms with Gasteiger partial charge in [-0.25, -0.2) is 0 Å². The van der Waals surface area contributed by atoms with E-state index in [-0.39, 0.29) is 24.2 Å². The highest BCUT2D eigenvalue weighted by molar-refractivity contribution is 6.42. The van der Waals surface area contributed by atoms with Crippen molar-refractivity contribution in [3.63, 3.8) is 0 Å². The maximum Gasteiger partial charge on any atom is 0.225 e. The molecule has 0 unspecified atom stereocenters. The summed E-state index contributed by atoms with van der Waals surface area (Å²) in [4.78, 5) is 26.4. The van der Waals surface area contributed by atoms with E-state index in [1.54, 1.807) is 24.1 Å². The summed E-state index contributed by atoms with van der Waals surface area (Å²) in [7, 11) is 1.61. The molecule has 1 heterocycles. The number of rotatable bonds is 6. The first kappa shape index (κ1) is 19.5. The zero-order valence-corrected chi connectivity index (χ0v) is 16.4.